The molecule has 0 bridgehead atoms. The average molecular weight is 274 g/mol. The van der Waals surface area contributed by atoms with E-state index in [-0.39, 0.29) is 11.1 Å². The number of nitrogens with zero attached hydrogens (tertiary/aromatic N) is 1. The first kappa shape index (κ1) is 16.9. The van der Waals surface area contributed by atoms with Crippen LogP contribution in [0.1, 0.15) is 26.7 Å². The second kappa shape index (κ2) is 7.55. The fourth-order valence-corrected chi connectivity index (χ4v) is 3.01. The Labute approximate surface area is 117 Å². The highest BCUT2D eigenvalue weighted by Crippen LogP contribution is 2.35. The molecule has 0 radical (unpaired) electrons. The third-order valence-corrected chi connectivity index (χ3v) is 4.00. The fourth-order valence-electron chi connectivity index (χ4n) is 3.01. The van der Waals surface area contributed by atoms with Gasteiger partial charge in [-0.2, -0.15) is 0 Å². The van der Waals surface area contributed by atoms with Crippen molar-refractivity contribution in [3.05, 3.63) is 0 Å². The maximum atomic E-state index is 6.12. The number of ether oxygens (including phenoxy) is 3. The summed E-state index contributed by atoms with van der Waals surface area (Å²) in [6.45, 7) is 8.89. The van der Waals surface area contributed by atoms with Gasteiger partial charge in [-0.05, 0) is 26.7 Å². The topological polar surface area (TPSA) is 57.0 Å². The largest absolute Gasteiger partial charge is 0.383 e. The minimum absolute atomic E-state index is 0.00118. The normalized spacial score (nSPS) is 26.8. The summed E-state index contributed by atoms with van der Waals surface area (Å²) in [4.78, 5) is 2.42. The standard InChI is InChI=1S/C14H30N2O3/c1-13(2)11-14(12-15,5-8-19-13)16(6-9-17-3)7-10-18-4/h5-12,15H2,1-4H3. The van der Waals surface area contributed by atoms with Crippen LogP contribution in [0.3, 0.4) is 0 Å². The molecule has 0 saturated carbocycles. The molecule has 0 aromatic rings. The van der Waals surface area contributed by atoms with Crippen molar-refractivity contribution in [1.29, 1.82) is 0 Å². The minimum Gasteiger partial charge on any atom is -0.383 e. The van der Waals surface area contributed by atoms with Crippen LogP contribution in [0.4, 0.5) is 0 Å². The molecule has 2 N–H and O–H groups in total. The summed E-state index contributed by atoms with van der Waals surface area (Å²) in [6.07, 6.45) is 1.92. The van der Waals surface area contributed by atoms with E-state index in [1.807, 2.05) is 0 Å². The summed E-state index contributed by atoms with van der Waals surface area (Å²) in [5.74, 6) is 0. The van der Waals surface area contributed by atoms with Crippen LogP contribution in [0.5, 0.6) is 0 Å². The van der Waals surface area contributed by atoms with Gasteiger partial charge in [0.25, 0.3) is 0 Å². The first-order chi connectivity index (χ1) is 8.99. The summed E-state index contributed by atoms with van der Waals surface area (Å²) < 4.78 is 16.3. The average Bonchev–Trinajstić information content (AvgIpc) is 2.37. The molecule has 1 aliphatic heterocycles. The summed E-state index contributed by atoms with van der Waals surface area (Å²) in [5, 5.41) is 0. The zero-order chi connectivity index (χ0) is 14.4. The van der Waals surface area contributed by atoms with Crippen molar-refractivity contribution in [1.82, 2.24) is 4.90 Å². The Morgan fingerprint density at radius 3 is 2.16 bits per heavy atom. The zero-order valence-corrected chi connectivity index (χ0v) is 12.9. The van der Waals surface area contributed by atoms with Gasteiger partial charge in [0.2, 0.25) is 0 Å². The first-order valence-electron chi connectivity index (χ1n) is 7.07. The van der Waals surface area contributed by atoms with E-state index < -0.39 is 0 Å². The van der Waals surface area contributed by atoms with E-state index in [9.17, 15) is 0 Å². The number of nitrogens with two attached hydrogens (primary N) is 1. The van der Waals surface area contributed by atoms with Gasteiger partial charge in [0.1, 0.15) is 0 Å². The highest BCUT2D eigenvalue weighted by atomic mass is 16.5. The number of methoxy groups -OCH3 is 2. The van der Waals surface area contributed by atoms with Crippen LogP contribution in [-0.2, 0) is 14.2 Å². The molecular weight excluding hydrogens is 244 g/mol. The lowest BCUT2D eigenvalue weighted by atomic mass is 9.79. The molecule has 19 heavy (non-hydrogen) atoms. The van der Waals surface area contributed by atoms with Gasteiger partial charge in [-0.25, -0.2) is 0 Å². The molecule has 0 aliphatic carbocycles. The maximum Gasteiger partial charge on any atom is 0.0644 e. The molecule has 5 heteroatoms. The first-order valence-corrected chi connectivity index (χ1v) is 7.07. The summed E-state index contributed by atoms with van der Waals surface area (Å²) >= 11 is 0. The molecule has 0 aromatic carbocycles. The lowest BCUT2D eigenvalue weighted by Crippen LogP contribution is -2.61. The van der Waals surface area contributed by atoms with Crippen LogP contribution in [0, 0.1) is 0 Å². The fraction of sp³-hybridized carbons (Fsp3) is 1.00. The highest BCUT2D eigenvalue weighted by molar-refractivity contribution is 4.99. The Bertz CT molecular complexity index is 253. The molecule has 1 unspecified atom stereocenters. The van der Waals surface area contributed by atoms with Gasteiger partial charge in [-0.3, -0.25) is 4.90 Å². The quantitative estimate of drug-likeness (QED) is 0.712. The molecule has 0 amide bonds. The molecule has 1 heterocycles. The van der Waals surface area contributed by atoms with Crippen molar-refractivity contribution in [2.75, 3.05) is 53.7 Å². The second-order valence-corrected chi connectivity index (χ2v) is 5.94. The number of hydrogen-bond donors (Lipinski definition) is 1. The summed E-state index contributed by atoms with van der Waals surface area (Å²) in [7, 11) is 3.47. The molecule has 5 nitrogen and oxygen atoms in total. The highest BCUT2D eigenvalue weighted by Gasteiger charge is 2.43. The Morgan fingerprint density at radius 1 is 1.16 bits per heavy atom. The van der Waals surface area contributed by atoms with Crippen LogP contribution >= 0.6 is 0 Å². The van der Waals surface area contributed by atoms with Crippen molar-refractivity contribution < 1.29 is 14.2 Å². The van der Waals surface area contributed by atoms with Crippen molar-refractivity contribution in [3.63, 3.8) is 0 Å². The lowest BCUT2D eigenvalue weighted by Gasteiger charge is -2.50. The Kier molecular flexibility index (Phi) is 6.69. The van der Waals surface area contributed by atoms with E-state index in [1.165, 1.54) is 0 Å². The molecule has 0 aromatic heterocycles. The van der Waals surface area contributed by atoms with Crippen molar-refractivity contribution in [2.24, 2.45) is 5.73 Å². The van der Waals surface area contributed by atoms with Crippen molar-refractivity contribution >= 4 is 0 Å². The number of rotatable bonds is 8. The second-order valence-electron chi connectivity index (χ2n) is 5.94. The van der Waals surface area contributed by atoms with E-state index in [4.69, 9.17) is 19.9 Å². The van der Waals surface area contributed by atoms with E-state index in [1.54, 1.807) is 14.2 Å². The Morgan fingerprint density at radius 2 is 1.74 bits per heavy atom. The van der Waals surface area contributed by atoms with Crippen LogP contribution < -0.4 is 5.73 Å². The van der Waals surface area contributed by atoms with Crippen LogP contribution in [0.25, 0.3) is 0 Å². The molecule has 0 spiro atoms. The van der Waals surface area contributed by atoms with E-state index in [2.05, 4.69) is 18.7 Å². The van der Waals surface area contributed by atoms with Gasteiger partial charge in [0, 0.05) is 46.0 Å². The predicted octanol–water partition coefficient (Wildman–Crippen LogP) is 0.868. The monoisotopic (exact) mass is 274 g/mol. The van der Waals surface area contributed by atoms with Gasteiger partial charge >= 0.3 is 0 Å². The Hall–Kier alpha value is -0.200. The third kappa shape index (κ3) is 4.68. The minimum atomic E-state index is -0.115. The van der Waals surface area contributed by atoms with Crippen molar-refractivity contribution in [3.8, 4) is 0 Å². The lowest BCUT2D eigenvalue weighted by molar-refractivity contribution is -0.122. The molecule has 1 atom stereocenters. The van der Waals surface area contributed by atoms with Crippen LogP contribution in [0.2, 0.25) is 0 Å². The summed E-state index contributed by atoms with van der Waals surface area (Å²) in [6, 6.07) is 0. The van der Waals surface area contributed by atoms with Gasteiger partial charge in [-0.15, -0.1) is 0 Å². The van der Waals surface area contributed by atoms with E-state index in [0.717, 1.165) is 32.5 Å². The molecular formula is C14H30N2O3. The molecule has 1 aliphatic rings. The molecule has 1 saturated heterocycles. The molecule has 114 valence electrons. The Balaban J connectivity index is 2.79. The van der Waals surface area contributed by atoms with E-state index in [0.29, 0.717) is 19.8 Å². The SMILES string of the molecule is COCCN(CCOC)C1(CN)CCOC(C)(C)C1. The third-order valence-electron chi connectivity index (χ3n) is 4.00. The van der Waals surface area contributed by atoms with Crippen molar-refractivity contribution in [2.45, 2.75) is 37.8 Å². The molecule has 1 fully saturated rings. The molecule has 1 rings (SSSR count). The summed E-state index contributed by atoms with van der Waals surface area (Å²) in [5.41, 5.74) is 6.01. The van der Waals surface area contributed by atoms with Gasteiger partial charge in [0.05, 0.1) is 18.8 Å². The zero-order valence-electron chi connectivity index (χ0n) is 12.9. The van der Waals surface area contributed by atoms with E-state index >= 15 is 0 Å². The van der Waals surface area contributed by atoms with Gasteiger partial charge in [-0.1, -0.05) is 0 Å². The van der Waals surface area contributed by atoms with Gasteiger partial charge < -0.3 is 19.9 Å². The predicted molar refractivity (Wildman–Crippen MR) is 76.4 cm³/mol. The van der Waals surface area contributed by atoms with Crippen LogP contribution in [-0.4, -0.2) is 69.7 Å². The van der Waals surface area contributed by atoms with Gasteiger partial charge in [0.15, 0.2) is 0 Å². The van der Waals surface area contributed by atoms with Crippen LogP contribution in [0.15, 0.2) is 0 Å². The smallest absolute Gasteiger partial charge is 0.0644 e. The number of hydrogen-bond acceptors (Lipinski definition) is 5. The maximum absolute atomic E-state index is 6.12.